The van der Waals surface area contributed by atoms with Gasteiger partial charge in [0.1, 0.15) is 11.4 Å². The number of aliphatic hydroxyl groups excluding tert-OH is 1. The molecule has 1 atom stereocenters. The summed E-state index contributed by atoms with van der Waals surface area (Å²) in [4.78, 5) is 13.9. The van der Waals surface area contributed by atoms with E-state index in [1.807, 2.05) is 33.8 Å². The number of rotatable bonds is 4. The van der Waals surface area contributed by atoms with Gasteiger partial charge in [-0.15, -0.1) is 0 Å². The first-order chi connectivity index (χ1) is 15.9. The Hall–Kier alpha value is -2.60. The van der Waals surface area contributed by atoms with Gasteiger partial charge in [0.2, 0.25) is 0 Å². The second-order valence-corrected chi connectivity index (χ2v) is 10.2. The van der Waals surface area contributed by atoms with Gasteiger partial charge in [-0.2, -0.15) is 13.2 Å². The average Bonchev–Trinajstić information content (AvgIpc) is 2.76. The van der Waals surface area contributed by atoms with E-state index in [0.717, 1.165) is 49.0 Å². The number of aliphatic hydroxyl groups is 1. The number of alkyl halides is 3. The molecule has 2 aliphatic rings. The summed E-state index contributed by atoms with van der Waals surface area (Å²) < 4.78 is 45.5. The highest BCUT2D eigenvalue weighted by Gasteiger charge is 2.38. The zero-order chi connectivity index (χ0) is 24.8. The topological polar surface area (TPSA) is 46.5 Å². The van der Waals surface area contributed by atoms with Crippen molar-refractivity contribution in [2.45, 2.75) is 83.6 Å². The third-order valence-electron chi connectivity index (χ3n) is 6.70. The van der Waals surface area contributed by atoms with E-state index in [-0.39, 0.29) is 17.3 Å². The van der Waals surface area contributed by atoms with E-state index in [0.29, 0.717) is 28.9 Å². The number of fused-ring (bicyclic) bond motifs is 1. The Kier molecular flexibility index (Phi) is 6.40. The third kappa shape index (κ3) is 4.65. The van der Waals surface area contributed by atoms with Crippen molar-refractivity contribution in [1.29, 1.82) is 0 Å². The summed E-state index contributed by atoms with van der Waals surface area (Å²) in [6.07, 6.45) is 0.921. The van der Waals surface area contributed by atoms with Crippen molar-refractivity contribution in [3.05, 3.63) is 69.8 Å². The van der Waals surface area contributed by atoms with E-state index >= 15 is 0 Å². The molecule has 6 heteroatoms. The Labute approximate surface area is 198 Å². The maximum absolute atomic E-state index is 13.9. The van der Waals surface area contributed by atoms with Crippen LogP contribution in [0.25, 0.3) is 5.57 Å². The van der Waals surface area contributed by atoms with Gasteiger partial charge in [0.25, 0.3) is 0 Å². The minimum atomic E-state index is -4.47. The van der Waals surface area contributed by atoms with E-state index < -0.39 is 23.4 Å². The van der Waals surface area contributed by atoms with Crippen molar-refractivity contribution in [2.24, 2.45) is 0 Å². The molecule has 0 radical (unpaired) electrons. The average molecular weight is 473 g/mol. The van der Waals surface area contributed by atoms with Crippen LogP contribution < -0.4 is 4.74 Å². The summed E-state index contributed by atoms with van der Waals surface area (Å²) >= 11 is 0. The van der Waals surface area contributed by atoms with Crippen molar-refractivity contribution >= 4 is 11.4 Å². The molecular formula is C28H31F3O3. The molecule has 1 aliphatic carbocycles. The van der Waals surface area contributed by atoms with Gasteiger partial charge in [0.05, 0.1) is 11.7 Å². The van der Waals surface area contributed by atoms with E-state index in [4.69, 9.17) is 4.74 Å². The first-order valence-corrected chi connectivity index (χ1v) is 11.9. The molecule has 0 aromatic heterocycles. The van der Waals surface area contributed by atoms with Gasteiger partial charge in [-0.25, -0.2) is 0 Å². The SMILES string of the molecule is CC(C)c1cc2c(c(C3=CCCCC3)c1C(=O)c1ccc(C(F)(F)F)cc1)[C@@H](O)CC(C)(C)O2. The molecule has 3 nitrogen and oxygen atoms in total. The Morgan fingerprint density at radius 2 is 1.82 bits per heavy atom. The zero-order valence-electron chi connectivity index (χ0n) is 20.1. The van der Waals surface area contributed by atoms with Gasteiger partial charge < -0.3 is 9.84 Å². The van der Waals surface area contributed by atoms with Crippen LogP contribution in [0.4, 0.5) is 13.2 Å². The lowest BCUT2D eigenvalue weighted by atomic mass is 9.77. The molecule has 0 fully saturated rings. The highest BCUT2D eigenvalue weighted by molar-refractivity contribution is 6.13. The van der Waals surface area contributed by atoms with Crippen LogP contribution in [-0.4, -0.2) is 16.5 Å². The molecule has 0 saturated heterocycles. The van der Waals surface area contributed by atoms with E-state index in [9.17, 15) is 23.1 Å². The van der Waals surface area contributed by atoms with Crippen LogP contribution >= 0.6 is 0 Å². The predicted octanol–water partition coefficient (Wildman–Crippen LogP) is 7.61. The predicted molar refractivity (Wildman–Crippen MR) is 126 cm³/mol. The van der Waals surface area contributed by atoms with Crippen molar-refractivity contribution in [1.82, 2.24) is 0 Å². The normalized spacial score (nSPS) is 19.9. The van der Waals surface area contributed by atoms with Crippen molar-refractivity contribution in [3.8, 4) is 5.75 Å². The van der Waals surface area contributed by atoms with Crippen LogP contribution in [0.5, 0.6) is 5.75 Å². The fraction of sp³-hybridized carbons (Fsp3) is 0.464. The van der Waals surface area contributed by atoms with Crippen LogP contribution in [-0.2, 0) is 6.18 Å². The number of allylic oxidation sites excluding steroid dienone is 2. The van der Waals surface area contributed by atoms with Gasteiger partial charge in [0, 0.05) is 23.1 Å². The lowest BCUT2D eigenvalue weighted by molar-refractivity contribution is -0.137. The number of halogens is 3. The van der Waals surface area contributed by atoms with E-state index in [1.54, 1.807) is 0 Å². The van der Waals surface area contributed by atoms with Crippen molar-refractivity contribution in [3.63, 3.8) is 0 Å². The number of hydrogen-bond donors (Lipinski definition) is 1. The molecule has 1 heterocycles. The van der Waals surface area contributed by atoms with Gasteiger partial charge >= 0.3 is 6.18 Å². The number of carbonyl (C=O) groups excluding carboxylic acids is 1. The minimum Gasteiger partial charge on any atom is -0.487 e. The number of hydrogen-bond acceptors (Lipinski definition) is 3. The van der Waals surface area contributed by atoms with Crippen molar-refractivity contribution in [2.75, 3.05) is 0 Å². The molecule has 4 rings (SSSR count). The molecule has 0 spiro atoms. The lowest BCUT2D eigenvalue weighted by Crippen LogP contribution is -2.36. The van der Waals surface area contributed by atoms with Crippen LogP contribution in [0.3, 0.4) is 0 Å². The van der Waals surface area contributed by atoms with Crippen LogP contribution in [0.15, 0.2) is 36.4 Å². The summed E-state index contributed by atoms with van der Waals surface area (Å²) in [5.41, 5.74) is 2.40. The van der Waals surface area contributed by atoms with Gasteiger partial charge in [-0.1, -0.05) is 32.1 Å². The van der Waals surface area contributed by atoms with E-state index in [1.165, 1.54) is 12.1 Å². The molecule has 0 bridgehead atoms. The van der Waals surface area contributed by atoms with Gasteiger partial charge in [-0.3, -0.25) is 4.79 Å². The monoisotopic (exact) mass is 472 g/mol. The van der Waals surface area contributed by atoms with Crippen LogP contribution in [0, 0.1) is 0 Å². The Morgan fingerprint density at radius 1 is 1.15 bits per heavy atom. The second kappa shape index (κ2) is 8.88. The van der Waals surface area contributed by atoms with E-state index in [2.05, 4.69) is 6.08 Å². The van der Waals surface area contributed by atoms with Crippen LogP contribution in [0.2, 0.25) is 0 Å². The fourth-order valence-electron chi connectivity index (χ4n) is 5.07. The standard InChI is InChI=1S/C28H31F3O3/c1-16(2)20-14-22-25(21(32)15-27(3,4)34-22)23(17-8-6-5-7-9-17)24(20)26(33)18-10-12-19(13-11-18)28(29,30)31/h8,10-14,16,21,32H,5-7,9,15H2,1-4H3/t21-/m0/s1. The highest BCUT2D eigenvalue weighted by Crippen LogP contribution is 2.48. The Balaban J connectivity index is 1.96. The molecule has 182 valence electrons. The smallest absolute Gasteiger partial charge is 0.416 e. The van der Waals surface area contributed by atoms with Crippen LogP contribution in [0.1, 0.15) is 110 Å². The first-order valence-electron chi connectivity index (χ1n) is 11.9. The third-order valence-corrected chi connectivity index (χ3v) is 6.70. The summed E-state index contributed by atoms with van der Waals surface area (Å²) in [7, 11) is 0. The maximum atomic E-state index is 13.9. The maximum Gasteiger partial charge on any atom is 0.416 e. The summed E-state index contributed by atoms with van der Waals surface area (Å²) in [5, 5.41) is 11.2. The summed E-state index contributed by atoms with van der Waals surface area (Å²) in [6.45, 7) is 7.81. The van der Waals surface area contributed by atoms with Crippen molar-refractivity contribution < 1.29 is 27.8 Å². The lowest BCUT2D eigenvalue weighted by Gasteiger charge is -2.38. The zero-order valence-corrected chi connectivity index (χ0v) is 20.1. The molecule has 1 N–H and O–H groups in total. The highest BCUT2D eigenvalue weighted by atomic mass is 19.4. The largest absolute Gasteiger partial charge is 0.487 e. The number of ketones is 1. The molecular weight excluding hydrogens is 441 g/mol. The first kappa shape index (κ1) is 24.5. The summed E-state index contributed by atoms with van der Waals surface area (Å²) in [5.74, 6) is 0.212. The Morgan fingerprint density at radius 3 is 2.38 bits per heavy atom. The molecule has 1 aliphatic heterocycles. The van der Waals surface area contributed by atoms with Gasteiger partial charge in [0.15, 0.2) is 5.78 Å². The Bertz CT molecular complexity index is 1130. The summed E-state index contributed by atoms with van der Waals surface area (Å²) in [6, 6.07) is 6.21. The number of ether oxygens (including phenoxy) is 1. The number of carbonyl (C=O) groups is 1. The molecule has 2 aromatic carbocycles. The quantitative estimate of drug-likeness (QED) is 0.466. The molecule has 0 saturated carbocycles. The second-order valence-electron chi connectivity index (χ2n) is 10.2. The minimum absolute atomic E-state index is 0.0348. The number of benzene rings is 2. The molecule has 0 unspecified atom stereocenters. The molecule has 0 amide bonds. The van der Waals surface area contributed by atoms with Gasteiger partial charge in [-0.05, 0) is 80.3 Å². The molecule has 34 heavy (non-hydrogen) atoms. The molecule has 2 aromatic rings. The fourth-order valence-corrected chi connectivity index (χ4v) is 5.07.